The Morgan fingerprint density at radius 3 is 1.71 bits per heavy atom. The van der Waals surface area contributed by atoms with Crippen LogP contribution in [0.2, 0.25) is 0 Å². The van der Waals surface area contributed by atoms with Gasteiger partial charge < -0.3 is 0 Å². The predicted molar refractivity (Wildman–Crippen MR) is 30.7 cm³/mol. The Morgan fingerprint density at radius 2 is 1.71 bits per heavy atom. The lowest BCUT2D eigenvalue weighted by Crippen LogP contribution is -1.99. The van der Waals surface area contributed by atoms with Gasteiger partial charge in [0, 0.05) is 6.26 Å². The molecule has 1 atom stereocenters. The molecule has 1 unspecified atom stereocenters. The summed E-state index contributed by atoms with van der Waals surface area (Å²) in [6.45, 7) is 4.00. The first-order chi connectivity index (χ1) is 3.27. The van der Waals surface area contributed by atoms with Crippen molar-refractivity contribution < 1.29 is 8.49 Å². The molecule has 0 radical (unpaired) electrons. The zero-order valence-electron chi connectivity index (χ0n) is 4.80. The van der Waals surface area contributed by atoms with Crippen LogP contribution in [-0.4, -0.2) is 10.5 Å². The monoisotopic (exact) mass is 125 g/mol. The minimum absolute atomic E-state index is 1.29. The van der Waals surface area contributed by atoms with E-state index < -0.39 is 11.1 Å². The molecule has 0 heterocycles. The van der Waals surface area contributed by atoms with Gasteiger partial charge in [0.15, 0.2) is 11.1 Å². The van der Waals surface area contributed by atoms with Crippen LogP contribution in [0, 0.1) is 0 Å². The third kappa shape index (κ3) is 23.5. The Kier molecular flexibility index (Phi) is 13.6. The first-order valence-corrected chi connectivity index (χ1v) is 3.46. The molecule has 0 aliphatic rings. The van der Waals surface area contributed by atoms with Gasteiger partial charge in [0.05, 0.1) is 0 Å². The summed E-state index contributed by atoms with van der Waals surface area (Å²) in [6.07, 6.45) is 1.35. The van der Waals surface area contributed by atoms with Crippen LogP contribution in [0.1, 0.15) is 13.8 Å². The van der Waals surface area contributed by atoms with E-state index in [9.17, 15) is 4.21 Å². The van der Waals surface area contributed by atoms with Crippen LogP contribution in [0.5, 0.6) is 0 Å². The highest BCUT2D eigenvalue weighted by Crippen LogP contribution is 1.60. The van der Waals surface area contributed by atoms with E-state index in [0.29, 0.717) is 0 Å². The van der Waals surface area contributed by atoms with Gasteiger partial charge in [-0.3, -0.25) is 0 Å². The van der Waals surface area contributed by atoms with Gasteiger partial charge >= 0.3 is 0 Å². The summed E-state index contributed by atoms with van der Waals surface area (Å²) in [4.78, 5) is 0. The van der Waals surface area contributed by atoms with Gasteiger partial charge in [-0.15, -0.1) is 0 Å². The first-order valence-electron chi connectivity index (χ1n) is 1.98. The van der Waals surface area contributed by atoms with E-state index in [1.54, 1.807) is 0 Å². The van der Waals surface area contributed by atoms with Crippen molar-refractivity contribution in [3.05, 3.63) is 0 Å². The molecule has 0 amide bonds. The molecular weight excluding hydrogens is 114 g/mol. The highest BCUT2D eigenvalue weighted by atomic mass is 32.2. The van der Waals surface area contributed by atoms with Crippen molar-refractivity contribution in [2.75, 3.05) is 6.26 Å². The second kappa shape index (κ2) is 9.42. The molecule has 0 fully saturated rings. The van der Waals surface area contributed by atoms with Gasteiger partial charge in [-0.1, -0.05) is 13.8 Å². The van der Waals surface area contributed by atoms with E-state index in [1.807, 2.05) is 13.8 Å². The minimum atomic E-state index is -1.29. The van der Waals surface area contributed by atoms with E-state index in [2.05, 4.69) is 10.2 Å². The van der Waals surface area contributed by atoms with Gasteiger partial charge in [-0.05, 0) is 0 Å². The molecule has 4 heteroatoms. The van der Waals surface area contributed by atoms with E-state index in [4.69, 9.17) is 0 Å². The average Bonchev–Trinajstić information content (AvgIpc) is 1.73. The number of rotatable bonds is 1. The summed E-state index contributed by atoms with van der Waals surface area (Å²) in [7, 11) is 0. The van der Waals surface area contributed by atoms with Crippen LogP contribution in [0.3, 0.4) is 0 Å². The normalized spacial score (nSPS) is 11.4. The summed E-state index contributed by atoms with van der Waals surface area (Å²) in [6, 6.07) is 0. The molecule has 0 rings (SSSR count). The number of hydrogen-bond acceptors (Lipinski definition) is 3. The Balaban J connectivity index is 0. The van der Waals surface area contributed by atoms with Crippen molar-refractivity contribution in [3.63, 3.8) is 0 Å². The van der Waals surface area contributed by atoms with E-state index in [0.717, 1.165) is 0 Å². The maximum absolute atomic E-state index is 9.58. The molecule has 0 aliphatic heterocycles. The lowest BCUT2D eigenvalue weighted by molar-refractivity contribution is 0.370. The van der Waals surface area contributed by atoms with Crippen molar-refractivity contribution >= 4 is 11.1 Å². The smallest absolute Gasteiger partial charge is 0.169 e. The quantitative estimate of drug-likeness (QED) is 0.509. The van der Waals surface area contributed by atoms with Crippen LogP contribution in [0.4, 0.5) is 0 Å². The molecule has 3 nitrogen and oxygen atoms in total. The second-order valence-electron chi connectivity index (χ2n) is 0.498. The zero-order chi connectivity index (χ0) is 6.28. The largest absolute Gasteiger partial charge is 0.229 e. The molecule has 46 valence electrons. The average molecular weight is 125 g/mol. The molecule has 7 heavy (non-hydrogen) atoms. The Labute approximate surface area is 46.5 Å². The molecule has 2 N–H and O–H groups in total. The minimum Gasteiger partial charge on any atom is -0.229 e. The molecule has 0 saturated heterocycles. The predicted octanol–water partition coefficient (Wildman–Crippen LogP) is 0.196. The second-order valence-corrected chi connectivity index (χ2v) is 1.49. The molecule has 0 saturated carbocycles. The summed E-state index contributed by atoms with van der Waals surface area (Å²) < 4.78 is 13.3. The van der Waals surface area contributed by atoms with Crippen molar-refractivity contribution in [2.45, 2.75) is 13.8 Å². The molecule has 0 bridgehead atoms. The SMILES string of the molecule is CC.CS(=O)ON. The Hall–Kier alpha value is 0.0700. The lowest BCUT2D eigenvalue weighted by Gasteiger charge is -1.77. The van der Waals surface area contributed by atoms with Crippen molar-refractivity contribution in [2.24, 2.45) is 5.90 Å². The lowest BCUT2D eigenvalue weighted by atomic mass is 11.0. The molecular formula is C3H11NO2S. The third-order valence-corrected chi connectivity index (χ3v) is 0.407. The van der Waals surface area contributed by atoms with Crippen molar-refractivity contribution in [3.8, 4) is 0 Å². The fourth-order valence-corrected chi connectivity index (χ4v) is 0. The van der Waals surface area contributed by atoms with Crippen LogP contribution in [-0.2, 0) is 15.4 Å². The maximum atomic E-state index is 9.58. The van der Waals surface area contributed by atoms with E-state index in [1.165, 1.54) is 6.26 Å². The maximum Gasteiger partial charge on any atom is 0.169 e. The van der Waals surface area contributed by atoms with Crippen molar-refractivity contribution in [1.82, 2.24) is 0 Å². The standard InChI is InChI=1S/C2H6.CH5NO2S/c1-2;1-5(3)4-2/h1-2H3;2H2,1H3. The summed E-state index contributed by atoms with van der Waals surface area (Å²) in [5, 5.41) is 0. The van der Waals surface area contributed by atoms with Crippen LogP contribution >= 0.6 is 0 Å². The fraction of sp³-hybridized carbons (Fsp3) is 1.00. The molecule has 0 aromatic heterocycles. The number of hydrogen-bond donors (Lipinski definition) is 1. The highest BCUT2D eigenvalue weighted by Gasteiger charge is 1.73. The molecule has 0 aromatic rings. The summed E-state index contributed by atoms with van der Waals surface area (Å²) in [5.74, 6) is 4.37. The highest BCUT2D eigenvalue weighted by molar-refractivity contribution is 7.79. The first kappa shape index (κ1) is 10.1. The van der Waals surface area contributed by atoms with Gasteiger partial charge in [0.1, 0.15) is 0 Å². The van der Waals surface area contributed by atoms with Crippen LogP contribution in [0.15, 0.2) is 0 Å². The molecule has 0 spiro atoms. The van der Waals surface area contributed by atoms with Gasteiger partial charge in [-0.2, -0.15) is 5.90 Å². The van der Waals surface area contributed by atoms with Crippen LogP contribution < -0.4 is 5.90 Å². The Morgan fingerprint density at radius 1 is 1.57 bits per heavy atom. The van der Waals surface area contributed by atoms with Gasteiger partial charge in [0.2, 0.25) is 0 Å². The number of nitrogens with two attached hydrogens (primary N) is 1. The van der Waals surface area contributed by atoms with E-state index >= 15 is 0 Å². The van der Waals surface area contributed by atoms with Gasteiger partial charge in [0.25, 0.3) is 0 Å². The Bertz CT molecular complexity index is 48.2. The van der Waals surface area contributed by atoms with Crippen molar-refractivity contribution in [1.29, 1.82) is 0 Å². The fourth-order valence-electron chi connectivity index (χ4n) is 0. The summed E-state index contributed by atoms with van der Waals surface area (Å²) >= 11 is -1.29. The third-order valence-electron chi connectivity index (χ3n) is 0.136. The van der Waals surface area contributed by atoms with Crippen LogP contribution in [0.25, 0.3) is 0 Å². The zero-order valence-corrected chi connectivity index (χ0v) is 5.62. The topological polar surface area (TPSA) is 52.3 Å². The van der Waals surface area contributed by atoms with E-state index in [-0.39, 0.29) is 0 Å². The molecule has 0 aromatic carbocycles. The molecule has 0 aliphatic carbocycles. The summed E-state index contributed by atoms with van der Waals surface area (Å²) in [5.41, 5.74) is 0. The van der Waals surface area contributed by atoms with Gasteiger partial charge in [-0.25, -0.2) is 8.49 Å².